The van der Waals surface area contributed by atoms with Crippen LogP contribution in [0.15, 0.2) is 30.3 Å². The molecule has 0 saturated carbocycles. The second-order valence-electron chi connectivity index (χ2n) is 3.26. The van der Waals surface area contributed by atoms with Gasteiger partial charge in [0.25, 0.3) is 0 Å². The molecule has 0 spiro atoms. The first-order valence-corrected chi connectivity index (χ1v) is 4.81. The number of aliphatic hydroxyl groups is 1. The summed E-state index contributed by atoms with van der Waals surface area (Å²) in [7, 11) is 0. The predicted octanol–water partition coefficient (Wildman–Crippen LogP) is 1.22. The number of anilines is 2. The van der Waals surface area contributed by atoms with Crippen LogP contribution >= 0.6 is 0 Å². The van der Waals surface area contributed by atoms with Gasteiger partial charge in [0.15, 0.2) is 0 Å². The minimum Gasteiger partial charge on any atom is -0.395 e. The first-order valence-electron chi connectivity index (χ1n) is 4.81. The number of pyridine rings is 1. The van der Waals surface area contributed by atoms with Gasteiger partial charge in [-0.15, -0.1) is 0 Å². The highest BCUT2D eigenvalue weighted by Crippen LogP contribution is 2.23. The molecule has 4 heteroatoms. The number of benzene rings is 1. The summed E-state index contributed by atoms with van der Waals surface area (Å²) in [6.07, 6.45) is 0. The number of fused-ring (bicyclic) bond motifs is 1. The van der Waals surface area contributed by atoms with Crippen molar-refractivity contribution in [3.8, 4) is 0 Å². The fourth-order valence-electron chi connectivity index (χ4n) is 1.53. The maximum Gasteiger partial charge on any atom is 0.126 e. The molecule has 4 nitrogen and oxygen atoms in total. The summed E-state index contributed by atoms with van der Waals surface area (Å²) in [5.41, 5.74) is 7.45. The first kappa shape index (κ1) is 9.73. The molecule has 1 aromatic heterocycles. The molecule has 0 saturated heterocycles. The van der Waals surface area contributed by atoms with Gasteiger partial charge in [0.2, 0.25) is 0 Å². The van der Waals surface area contributed by atoms with E-state index in [1.807, 2.05) is 24.3 Å². The van der Waals surface area contributed by atoms with Gasteiger partial charge in [-0.25, -0.2) is 4.98 Å². The normalized spacial score (nSPS) is 10.5. The molecular formula is C11H13N3O. The number of nitrogens with zero attached hydrogens (tertiary/aromatic N) is 1. The third-order valence-corrected chi connectivity index (χ3v) is 2.16. The highest BCUT2D eigenvalue weighted by molar-refractivity contribution is 5.92. The Balaban J connectivity index is 2.50. The van der Waals surface area contributed by atoms with Gasteiger partial charge in [-0.3, -0.25) is 0 Å². The van der Waals surface area contributed by atoms with Crippen LogP contribution in [0.2, 0.25) is 0 Å². The fourth-order valence-corrected chi connectivity index (χ4v) is 1.53. The number of nitrogens with two attached hydrogens (primary N) is 1. The van der Waals surface area contributed by atoms with Crippen LogP contribution in [0.3, 0.4) is 0 Å². The average molecular weight is 203 g/mol. The zero-order valence-corrected chi connectivity index (χ0v) is 8.27. The van der Waals surface area contributed by atoms with E-state index in [-0.39, 0.29) is 6.61 Å². The molecule has 78 valence electrons. The zero-order valence-electron chi connectivity index (χ0n) is 8.27. The molecule has 1 heterocycles. The van der Waals surface area contributed by atoms with E-state index < -0.39 is 0 Å². The standard InChI is InChI=1S/C11H13N3O/c12-11-7-10(13-5-6-15)8-3-1-2-4-9(8)14-11/h1-4,7,15H,5-6H2,(H3,12,13,14). The topological polar surface area (TPSA) is 71.2 Å². The van der Waals surface area contributed by atoms with Crippen LogP contribution in [-0.2, 0) is 0 Å². The number of hydrogen-bond donors (Lipinski definition) is 3. The number of para-hydroxylation sites is 1. The molecule has 0 fully saturated rings. The van der Waals surface area contributed by atoms with E-state index in [0.717, 1.165) is 16.6 Å². The summed E-state index contributed by atoms with van der Waals surface area (Å²) < 4.78 is 0. The Hall–Kier alpha value is -1.81. The smallest absolute Gasteiger partial charge is 0.126 e. The van der Waals surface area contributed by atoms with Gasteiger partial charge in [0, 0.05) is 23.7 Å². The van der Waals surface area contributed by atoms with Crippen molar-refractivity contribution in [3.63, 3.8) is 0 Å². The monoisotopic (exact) mass is 203 g/mol. The Labute approximate surface area is 87.7 Å². The summed E-state index contributed by atoms with van der Waals surface area (Å²) >= 11 is 0. The van der Waals surface area contributed by atoms with Gasteiger partial charge < -0.3 is 16.2 Å². The first-order chi connectivity index (χ1) is 7.31. The molecule has 15 heavy (non-hydrogen) atoms. The Bertz CT molecular complexity index is 470. The van der Waals surface area contributed by atoms with E-state index in [9.17, 15) is 0 Å². The van der Waals surface area contributed by atoms with Crippen LogP contribution in [0.25, 0.3) is 10.9 Å². The number of aromatic nitrogens is 1. The largest absolute Gasteiger partial charge is 0.395 e. The molecule has 0 atom stereocenters. The number of hydrogen-bond acceptors (Lipinski definition) is 4. The Kier molecular flexibility index (Phi) is 2.69. The lowest BCUT2D eigenvalue weighted by molar-refractivity contribution is 0.311. The lowest BCUT2D eigenvalue weighted by Crippen LogP contribution is -2.06. The lowest BCUT2D eigenvalue weighted by atomic mass is 10.2. The number of aliphatic hydroxyl groups excluding tert-OH is 1. The van der Waals surface area contributed by atoms with E-state index in [2.05, 4.69) is 10.3 Å². The van der Waals surface area contributed by atoms with Gasteiger partial charge in [-0.05, 0) is 6.07 Å². The van der Waals surface area contributed by atoms with Crippen LogP contribution in [-0.4, -0.2) is 23.2 Å². The zero-order chi connectivity index (χ0) is 10.7. The molecule has 0 aliphatic carbocycles. The van der Waals surface area contributed by atoms with E-state index in [4.69, 9.17) is 10.8 Å². The molecule has 0 unspecified atom stereocenters. The summed E-state index contributed by atoms with van der Waals surface area (Å²) in [5, 5.41) is 12.9. The van der Waals surface area contributed by atoms with Crippen LogP contribution in [0, 0.1) is 0 Å². The van der Waals surface area contributed by atoms with Crippen molar-refractivity contribution in [2.75, 3.05) is 24.2 Å². The molecule has 0 radical (unpaired) electrons. The Morgan fingerprint density at radius 1 is 1.33 bits per heavy atom. The van der Waals surface area contributed by atoms with Crippen molar-refractivity contribution in [3.05, 3.63) is 30.3 Å². The molecule has 0 bridgehead atoms. The minimum atomic E-state index is 0.0938. The molecule has 4 N–H and O–H groups in total. The summed E-state index contributed by atoms with van der Waals surface area (Å²) in [6.45, 7) is 0.601. The quantitative estimate of drug-likeness (QED) is 0.701. The van der Waals surface area contributed by atoms with Gasteiger partial charge in [-0.2, -0.15) is 0 Å². The minimum absolute atomic E-state index is 0.0938. The van der Waals surface area contributed by atoms with Crippen LogP contribution in [0.4, 0.5) is 11.5 Å². The van der Waals surface area contributed by atoms with E-state index in [1.165, 1.54) is 0 Å². The van der Waals surface area contributed by atoms with Crippen molar-refractivity contribution in [1.82, 2.24) is 4.98 Å². The van der Waals surface area contributed by atoms with E-state index >= 15 is 0 Å². The number of nitrogen functional groups attached to an aromatic ring is 1. The van der Waals surface area contributed by atoms with E-state index in [0.29, 0.717) is 12.4 Å². The molecule has 0 amide bonds. The van der Waals surface area contributed by atoms with Gasteiger partial charge in [0.1, 0.15) is 5.82 Å². The average Bonchev–Trinajstić information content (AvgIpc) is 2.25. The van der Waals surface area contributed by atoms with Crippen molar-refractivity contribution in [2.45, 2.75) is 0 Å². The summed E-state index contributed by atoms with van der Waals surface area (Å²) in [4.78, 5) is 4.22. The lowest BCUT2D eigenvalue weighted by Gasteiger charge is -2.08. The van der Waals surface area contributed by atoms with Crippen molar-refractivity contribution in [1.29, 1.82) is 0 Å². The van der Waals surface area contributed by atoms with Crippen LogP contribution in [0.5, 0.6) is 0 Å². The molecule has 1 aromatic carbocycles. The SMILES string of the molecule is Nc1cc(NCCO)c2ccccc2n1. The van der Waals surface area contributed by atoms with Gasteiger partial charge >= 0.3 is 0 Å². The van der Waals surface area contributed by atoms with Crippen LogP contribution in [0.1, 0.15) is 0 Å². The van der Waals surface area contributed by atoms with Crippen molar-refractivity contribution >= 4 is 22.4 Å². The second kappa shape index (κ2) is 4.14. The van der Waals surface area contributed by atoms with Crippen molar-refractivity contribution in [2.24, 2.45) is 0 Å². The summed E-state index contributed by atoms with van der Waals surface area (Å²) in [5.74, 6) is 0.481. The third-order valence-electron chi connectivity index (χ3n) is 2.16. The maximum absolute atomic E-state index is 8.76. The fraction of sp³-hybridized carbons (Fsp3) is 0.182. The number of nitrogens with one attached hydrogen (secondary N) is 1. The van der Waals surface area contributed by atoms with Gasteiger partial charge in [0.05, 0.1) is 12.1 Å². The van der Waals surface area contributed by atoms with Gasteiger partial charge in [-0.1, -0.05) is 18.2 Å². The molecule has 0 aliphatic rings. The van der Waals surface area contributed by atoms with Crippen molar-refractivity contribution < 1.29 is 5.11 Å². The molecular weight excluding hydrogens is 190 g/mol. The maximum atomic E-state index is 8.76. The molecule has 2 aromatic rings. The predicted molar refractivity (Wildman–Crippen MR) is 61.7 cm³/mol. The van der Waals surface area contributed by atoms with Crippen LogP contribution < -0.4 is 11.1 Å². The Morgan fingerprint density at radius 2 is 2.13 bits per heavy atom. The molecule has 2 rings (SSSR count). The Morgan fingerprint density at radius 3 is 2.93 bits per heavy atom. The second-order valence-corrected chi connectivity index (χ2v) is 3.26. The third kappa shape index (κ3) is 1.99. The molecule has 0 aliphatic heterocycles. The highest BCUT2D eigenvalue weighted by Gasteiger charge is 2.02. The van der Waals surface area contributed by atoms with E-state index in [1.54, 1.807) is 6.07 Å². The summed E-state index contributed by atoms with van der Waals surface area (Å²) in [6, 6.07) is 9.53. The number of rotatable bonds is 3. The highest BCUT2D eigenvalue weighted by atomic mass is 16.3.